The lowest BCUT2D eigenvalue weighted by Crippen LogP contribution is -2.45. The largest absolute Gasteiger partial charge is 0.349 e. The summed E-state index contributed by atoms with van der Waals surface area (Å²) in [5.41, 5.74) is 0. The summed E-state index contributed by atoms with van der Waals surface area (Å²) < 4.78 is 0. The maximum absolute atomic E-state index is 4.24. The Labute approximate surface area is 110 Å². The van der Waals surface area contributed by atoms with Crippen molar-refractivity contribution in [3.8, 4) is 0 Å². The quantitative estimate of drug-likeness (QED) is 0.757. The van der Waals surface area contributed by atoms with Crippen LogP contribution in [0.15, 0.2) is 12.4 Å². The number of aromatic nitrogens is 2. The van der Waals surface area contributed by atoms with Crippen LogP contribution in [0.5, 0.6) is 0 Å². The molecule has 0 aliphatic carbocycles. The van der Waals surface area contributed by atoms with E-state index in [9.17, 15) is 0 Å². The molecule has 0 unspecified atom stereocenters. The Morgan fingerprint density at radius 2 is 2.22 bits per heavy atom. The molecule has 0 spiro atoms. The molecule has 1 aliphatic rings. The fourth-order valence-electron chi connectivity index (χ4n) is 2.62. The van der Waals surface area contributed by atoms with Crippen molar-refractivity contribution in [2.75, 3.05) is 19.6 Å². The Morgan fingerprint density at radius 3 is 2.83 bits per heavy atom. The zero-order valence-corrected chi connectivity index (χ0v) is 11.7. The third kappa shape index (κ3) is 4.10. The minimum Gasteiger partial charge on any atom is -0.349 e. The molecule has 1 aliphatic heterocycles. The summed E-state index contributed by atoms with van der Waals surface area (Å²) in [5.74, 6) is 1.10. The molecule has 1 aromatic rings. The highest BCUT2D eigenvalue weighted by molar-refractivity contribution is 4.87. The van der Waals surface area contributed by atoms with E-state index in [1.165, 1.54) is 25.9 Å². The van der Waals surface area contributed by atoms with Gasteiger partial charge in [0.05, 0.1) is 0 Å². The minimum atomic E-state index is 0.699. The topological polar surface area (TPSA) is 44.0 Å². The second kappa shape index (κ2) is 6.90. The van der Waals surface area contributed by atoms with Crippen LogP contribution >= 0.6 is 0 Å². The van der Waals surface area contributed by atoms with Crippen molar-refractivity contribution >= 4 is 0 Å². The Morgan fingerprint density at radius 1 is 1.44 bits per heavy atom. The molecule has 1 aromatic heterocycles. The number of aromatic amines is 1. The summed E-state index contributed by atoms with van der Waals surface area (Å²) >= 11 is 0. The van der Waals surface area contributed by atoms with Crippen molar-refractivity contribution in [2.24, 2.45) is 0 Å². The van der Waals surface area contributed by atoms with E-state index < -0.39 is 0 Å². The van der Waals surface area contributed by atoms with Crippen molar-refractivity contribution < 1.29 is 0 Å². The number of piperidine rings is 1. The number of likely N-dealkylation sites (tertiary alicyclic amines) is 1. The Kier molecular flexibility index (Phi) is 5.20. The zero-order valence-electron chi connectivity index (χ0n) is 11.7. The number of nitrogens with one attached hydrogen (secondary N) is 2. The number of nitrogens with zero attached hydrogens (tertiary/aromatic N) is 2. The normalized spacial score (nSPS) is 18.6. The molecule has 0 saturated carbocycles. The van der Waals surface area contributed by atoms with Crippen LogP contribution in [0.3, 0.4) is 0 Å². The Bertz CT molecular complexity index is 313. The minimum absolute atomic E-state index is 0.699. The molecule has 1 saturated heterocycles. The molecule has 2 N–H and O–H groups in total. The van der Waals surface area contributed by atoms with E-state index in [0.717, 1.165) is 31.3 Å². The number of imidazole rings is 1. The van der Waals surface area contributed by atoms with Crippen molar-refractivity contribution in [1.29, 1.82) is 0 Å². The summed E-state index contributed by atoms with van der Waals surface area (Å²) in [4.78, 5) is 9.96. The highest BCUT2D eigenvalue weighted by Crippen LogP contribution is 2.12. The lowest BCUT2D eigenvalue weighted by molar-refractivity contribution is 0.161. The standard InChI is InChI=1S/C14H26N4/c1-12(2)18-10-5-13(6-11-18)15-7-3-4-14-16-8-9-17-14/h8-9,12-13,15H,3-7,10-11H2,1-2H3,(H,16,17). The predicted octanol–water partition coefficient (Wildman–Crippen LogP) is 1.80. The summed E-state index contributed by atoms with van der Waals surface area (Å²) in [6.07, 6.45) is 8.51. The average molecular weight is 250 g/mol. The van der Waals surface area contributed by atoms with Crippen molar-refractivity contribution in [3.63, 3.8) is 0 Å². The second-order valence-electron chi connectivity index (χ2n) is 5.50. The molecule has 4 heteroatoms. The first-order chi connectivity index (χ1) is 8.75. The van der Waals surface area contributed by atoms with Crippen molar-refractivity contribution in [2.45, 2.75) is 51.6 Å². The number of hydrogen-bond acceptors (Lipinski definition) is 3. The van der Waals surface area contributed by atoms with E-state index in [1.807, 2.05) is 12.4 Å². The molecule has 2 rings (SSSR count). The van der Waals surface area contributed by atoms with E-state index in [2.05, 4.69) is 34.0 Å². The second-order valence-corrected chi connectivity index (χ2v) is 5.50. The monoisotopic (exact) mass is 250 g/mol. The van der Waals surface area contributed by atoms with Gasteiger partial charge in [-0.25, -0.2) is 4.98 Å². The predicted molar refractivity (Wildman–Crippen MR) is 74.6 cm³/mol. The van der Waals surface area contributed by atoms with Crippen LogP contribution in [-0.4, -0.2) is 46.6 Å². The molecular weight excluding hydrogens is 224 g/mol. The highest BCUT2D eigenvalue weighted by Gasteiger charge is 2.19. The van der Waals surface area contributed by atoms with E-state index in [0.29, 0.717) is 6.04 Å². The maximum atomic E-state index is 4.24. The molecule has 18 heavy (non-hydrogen) atoms. The maximum Gasteiger partial charge on any atom is 0.106 e. The fourth-order valence-corrected chi connectivity index (χ4v) is 2.62. The lowest BCUT2D eigenvalue weighted by atomic mass is 10.0. The molecule has 0 bridgehead atoms. The van der Waals surface area contributed by atoms with Gasteiger partial charge >= 0.3 is 0 Å². The van der Waals surface area contributed by atoms with Crippen LogP contribution in [0, 0.1) is 0 Å². The van der Waals surface area contributed by atoms with Crippen molar-refractivity contribution in [3.05, 3.63) is 18.2 Å². The molecule has 0 atom stereocenters. The van der Waals surface area contributed by atoms with Gasteiger partial charge < -0.3 is 15.2 Å². The van der Waals surface area contributed by atoms with Gasteiger partial charge in [-0.3, -0.25) is 0 Å². The first kappa shape index (κ1) is 13.6. The summed E-state index contributed by atoms with van der Waals surface area (Å²) in [5, 5.41) is 3.68. The van der Waals surface area contributed by atoms with Gasteiger partial charge in [0.2, 0.25) is 0 Å². The van der Waals surface area contributed by atoms with Crippen LogP contribution in [0.25, 0.3) is 0 Å². The highest BCUT2D eigenvalue weighted by atomic mass is 15.2. The third-order valence-corrected chi connectivity index (χ3v) is 3.84. The molecule has 1 fully saturated rings. The van der Waals surface area contributed by atoms with E-state index in [4.69, 9.17) is 0 Å². The van der Waals surface area contributed by atoms with Gasteiger partial charge in [-0.05, 0) is 52.7 Å². The number of aryl methyl sites for hydroxylation is 1. The number of H-pyrrole nitrogens is 1. The van der Waals surface area contributed by atoms with E-state index in [-0.39, 0.29) is 0 Å². The van der Waals surface area contributed by atoms with Crippen LogP contribution in [0.2, 0.25) is 0 Å². The molecule has 102 valence electrons. The van der Waals surface area contributed by atoms with Gasteiger partial charge in [0.1, 0.15) is 5.82 Å². The molecule has 2 heterocycles. The first-order valence-corrected chi connectivity index (χ1v) is 7.21. The number of hydrogen-bond donors (Lipinski definition) is 2. The summed E-state index contributed by atoms with van der Waals surface area (Å²) in [7, 11) is 0. The van der Waals surface area contributed by atoms with Gasteiger partial charge in [-0.15, -0.1) is 0 Å². The molecule has 4 nitrogen and oxygen atoms in total. The van der Waals surface area contributed by atoms with Crippen molar-refractivity contribution in [1.82, 2.24) is 20.2 Å². The van der Waals surface area contributed by atoms with Gasteiger partial charge in [-0.1, -0.05) is 0 Å². The summed E-state index contributed by atoms with van der Waals surface area (Å²) in [6, 6.07) is 1.42. The van der Waals surface area contributed by atoms with Crippen LogP contribution < -0.4 is 5.32 Å². The average Bonchev–Trinajstić information content (AvgIpc) is 2.88. The smallest absolute Gasteiger partial charge is 0.106 e. The van der Waals surface area contributed by atoms with Gasteiger partial charge in [0.25, 0.3) is 0 Å². The van der Waals surface area contributed by atoms with Gasteiger partial charge in [-0.2, -0.15) is 0 Å². The SMILES string of the molecule is CC(C)N1CCC(NCCCc2ncc[nH]2)CC1. The Hall–Kier alpha value is -0.870. The van der Waals surface area contributed by atoms with E-state index in [1.54, 1.807) is 0 Å². The van der Waals surface area contributed by atoms with Crippen LogP contribution in [0.4, 0.5) is 0 Å². The molecule has 0 amide bonds. The van der Waals surface area contributed by atoms with Crippen LogP contribution in [-0.2, 0) is 6.42 Å². The van der Waals surface area contributed by atoms with Crippen LogP contribution in [0.1, 0.15) is 38.9 Å². The van der Waals surface area contributed by atoms with E-state index >= 15 is 0 Å². The lowest BCUT2D eigenvalue weighted by Gasteiger charge is -2.35. The zero-order chi connectivity index (χ0) is 12.8. The Balaban J connectivity index is 1.55. The van der Waals surface area contributed by atoms with Gasteiger partial charge in [0.15, 0.2) is 0 Å². The van der Waals surface area contributed by atoms with Gasteiger partial charge in [0, 0.05) is 30.9 Å². The fraction of sp³-hybridized carbons (Fsp3) is 0.786. The molecular formula is C14H26N4. The molecule has 0 radical (unpaired) electrons. The summed E-state index contributed by atoms with van der Waals surface area (Å²) in [6.45, 7) is 8.17. The first-order valence-electron chi connectivity index (χ1n) is 7.21. The number of rotatable bonds is 6. The third-order valence-electron chi connectivity index (χ3n) is 3.84. The molecule has 0 aromatic carbocycles.